The van der Waals surface area contributed by atoms with E-state index in [4.69, 9.17) is 14.6 Å². The Morgan fingerprint density at radius 1 is 1.24 bits per heavy atom. The van der Waals surface area contributed by atoms with Gasteiger partial charge in [-0.1, -0.05) is 18.2 Å². The van der Waals surface area contributed by atoms with Crippen LogP contribution in [0.1, 0.15) is 36.5 Å². The largest absolute Gasteiger partial charge is 0.483 e. The van der Waals surface area contributed by atoms with Crippen molar-refractivity contribution in [2.24, 2.45) is 7.05 Å². The number of hydrogen-bond donors (Lipinski definition) is 3. The van der Waals surface area contributed by atoms with Gasteiger partial charge in [-0.2, -0.15) is 0 Å². The minimum Gasteiger partial charge on any atom is -0.483 e. The minimum absolute atomic E-state index is 0.00806. The fraction of sp³-hybridized carbons (Fsp3) is 0.524. The maximum Gasteiger partial charge on any atom is 0.290 e. The van der Waals surface area contributed by atoms with Crippen LogP contribution in [0.25, 0.3) is 10.9 Å². The molecule has 0 aliphatic carbocycles. The molecule has 1 aromatic carbocycles. The standard InChI is InChI=1S/C20H26N2O4.CH2O2/c1-19(25)9-12-26-20(18(19)24)7-10-22(11-8-20)17(23)15-13-21(2)16-6-4-3-5-14(15)16;2-1-3/h3-6,13,18,24-25H,7-12H2,1-2H3;1H,(H,2,3)/t18-,19+;/m0./s1. The molecule has 1 spiro atoms. The lowest BCUT2D eigenvalue weighted by Crippen LogP contribution is -2.64. The number of rotatable bonds is 1. The molecular formula is C21H28N2O6. The summed E-state index contributed by atoms with van der Waals surface area (Å²) in [5.41, 5.74) is -0.153. The molecule has 2 aliphatic heterocycles. The number of amides is 1. The third kappa shape index (κ3) is 3.88. The zero-order valence-corrected chi connectivity index (χ0v) is 16.7. The van der Waals surface area contributed by atoms with Gasteiger partial charge in [0, 0.05) is 43.7 Å². The lowest BCUT2D eigenvalue weighted by atomic mass is 9.75. The van der Waals surface area contributed by atoms with Crippen molar-refractivity contribution in [3.05, 3.63) is 36.0 Å². The Balaban J connectivity index is 0.000000755. The average molecular weight is 404 g/mol. The molecule has 2 saturated heterocycles. The number of fused-ring (bicyclic) bond motifs is 1. The second kappa shape index (κ2) is 8.14. The predicted octanol–water partition coefficient (Wildman–Crippen LogP) is 1.39. The van der Waals surface area contributed by atoms with Crippen molar-refractivity contribution in [2.45, 2.75) is 43.5 Å². The summed E-state index contributed by atoms with van der Waals surface area (Å²) in [7, 11) is 1.94. The van der Waals surface area contributed by atoms with Crippen LogP contribution in [0.3, 0.4) is 0 Å². The Kier molecular flexibility index (Phi) is 5.97. The van der Waals surface area contributed by atoms with E-state index < -0.39 is 17.3 Å². The number of carbonyl (C=O) groups is 2. The molecule has 2 fully saturated rings. The van der Waals surface area contributed by atoms with E-state index in [2.05, 4.69) is 0 Å². The normalized spacial score (nSPS) is 26.1. The molecule has 2 aliphatic rings. The van der Waals surface area contributed by atoms with Gasteiger partial charge in [-0.3, -0.25) is 9.59 Å². The van der Waals surface area contributed by atoms with Crippen LogP contribution in [0, 0.1) is 0 Å². The maximum absolute atomic E-state index is 13.1. The Labute approximate surface area is 169 Å². The molecule has 1 amide bonds. The number of likely N-dealkylation sites (tertiary alicyclic amines) is 1. The van der Waals surface area contributed by atoms with Gasteiger partial charge >= 0.3 is 0 Å². The average Bonchev–Trinajstić information content (AvgIpc) is 3.04. The van der Waals surface area contributed by atoms with Gasteiger partial charge in [0.1, 0.15) is 11.7 Å². The van der Waals surface area contributed by atoms with E-state index in [-0.39, 0.29) is 12.4 Å². The number of para-hydroxylation sites is 1. The van der Waals surface area contributed by atoms with Crippen LogP contribution >= 0.6 is 0 Å². The van der Waals surface area contributed by atoms with Crippen molar-refractivity contribution >= 4 is 23.3 Å². The molecule has 2 aromatic rings. The molecule has 0 unspecified atom stereocenters. The highest BCUT2D eigenvalue weighted by Crippen LogP contribution is 2.40. The zero-order chi connectivity index (χ0) is 21.2. The predicted molar refractivity (Wildman–Crippen MR) is 107 cm³/mol. The van der Waals surface area contributed by atoms with Crippen molar-refractivity contribution in [1.82, 2.24) is 9.47 Å². The van der Waals surface area contributed by atoms with Gasteiger partial charge in [-0.15, -0.1) is 0 Å². The fourth-order valence-electron chi connectivity index (χ4n) is 4.43. The van der Waals surface area contributed by atoms with Crippen molar-refractivity contribution in [3.8, 4) is 0 Å². The van der Waals surface area contributed by atoms with Gasteiger partial charge in [-0.25, -0.2) is 0 Å². The SMILES string of the molecule is Cn1cc(C(=O)N2CCC3(CC2)OCC[C@@](C)(O)[C@@H]3O)c2ccccc21.O=CO. The first-order valence-corrected chi connectivity index (χ1v) is 9.71. The van der Waals surface area contributed by atoms with Gasteiger partial charge in [-0.05, 0) is 25.8 Å². The molecule has 8 nitrogen and oxygen atoms in total. The molecule has 2 atom stereocenters. The highest BCUT2D eigenvalue weighted by atomic mass is 16.5. The summed E-state index contributed by atoms with van der Waals surface area (Å²) in [6, 6.07) is 7.89. The number of ether oxygens (including phenoxy) is 1. The van der Waals surface area contributed by atoms with Crippen molar-refractivity contribution in [3.63, 3.8) is 0 Å². The summed E-state index contributed by atoms with van der Waals surface area (Å²) < 4.78 is 7.88. The van der Waals surface area contributed by atoms with Crippen LogP contribution < -0.4 is 0 Å². The second-order valence-corrected chi connectivity index (χ2v) is 7.99. The number of aryl methyl sites for hydroxylation is 1. The number of aliphatic hydroxyl groups is 2. The summed E-state index contributed by atoms with van der Waals surface area (Å²) in [6.07, 6.45) is 2.43. The molecule has 158 valence electrons. The van der Waals surface area contributed by atoms with Crippen molar-refractivity contribution < 1.29 is 29.6 Å². The van der Waals surface area contributed by atoms with Gasteiger partial charge in [0.15, 0.2) is 0 Å². The zero-order valence-electron chi connectivity index (χ0n) is 16.7. The molecule has 1 aromatic heterocycles. The number of piperidine rings is 1. The Morgan fingerprint density at radius 3 is 2.52 bits per heavy atom. The number of benzene rings is 1. The third-order valence-corrected chi connectivity index (χ3v) is 6.11. The number of nitrogens with zero attached hydrogens (tertiary/aromatic N) is 2. The van der Waals surface area contributed by atoms with E-state index >= 15 is 0 Å². The topological polar surface area (TPSA) is 112 Å². The summed E-state index contributed by atoms with van der Waals surface area (Å²) in [5, 5.41) is 28.9. The molecule has 3 N–H and O–H groups in total. The van der Waals surface area contributed by atoms with Gasteiger partial charge in [0.05, 0.1) is 17.8 Å². The highest BCUT2D eigenvalue weighted by molar-refractivity contribution is 6.07. The van der Waals surface area contributed by atoms with E-state index in [1.807, 2.05) is 47.0 Å². The number of aromatic nitrogens is 1. The number of carboxylic acid groups (broad SMARTS) is 1. The first-order chi connectivity index (χ1) is 13.8. The van der Waals surface area contributed by atoms with Crippen LogP contribution in [0.4, 0.5) is 0 Å². The monoisotopic (exact) mass is 404 g/mol. The minimum atomic E-state index is -1.14. The van der Waals surface area contributed by atoms with Crippen LogP contribution in [0.15, 0.2) is 30.5 Å². The van der Waals surface area contributed by atoms with E-state index in [1.54, 1.807) is 6.92 Å². The molecule has 0 radical (unpaired) electrons. The molecule has 0 saturated carbocycles. The summed E-state index contributed by atoms with van der Waals surface area (Å²) in [5.74, 6) is 0.00806. The van der Waals surface area contributed by atoms with Gasteiger partial charge in [0.25, 0.3) is 12.4 Å². The highest BCUT2D eigenvalue weighted by Gasteiger charge is 2.53. The molecule has 29 heavy (non-hydrogen) atoms. The third-order valence-electron chi connectivity index (χ3n) is 6.11. The summed E-state index contributed by atoms with van der Waals surface area (Å²) in [6.45, 7) is 2.86. The first kappa shape index (κ1) is 21.3. The van der Waals surface area contributed by atoms with Gasteiger partial charge in [0.2, 0.25) is 0 Å². The molecule has 4 rings (SSSR count). The first-order valence-electron chi connectivity index (χ1n) is 9.71. The van der Waals surface area contributed by atoms with Crippen LogP contribution in [-0.4, -0.2) is 74.2 Å². The van der Waals surface area contributed by atoms with Crippen molar-refractivity contribution in [1.29, 1.82) is 0 Å². The van der Waals surface area contributed by atoms with E-state index in [0.29, 0.717) is 44.5 Å². The van der Waals surface area contributed by atoms with Crippen molar-refractivity contribution in [2.75, 3.05) is 19.7 Å². The maximum atomic E-state index is 13.1. The molecular weight excluding hydrogens is 376 g/mol. The molecule has 3 heterocycles. The fourth-order valence-corrected chi connectivity index (χ4v) is 4.43. The van der Waals surface area contributed by atoms with E-state index in [0.717, 1.165) is 10.9 Å². The summed E-state index contributed by atoms with van der Waals surface area (Å²) in [4.78, 5) is 23.3. The molecule has 0 bridgehead atoms. The van der Waals surface area contributed by atoms with E-state index in [9.17, 15) is 15.0 Å². The van der Waals surface area contributed by atoms with Crippen LogP contribution in [-0.2, 0) is 16.6 Å². The van der Waals surface area contributed by atoms with Crippen LogP contribution in [0.5, 0.6) is 0 Å². The number of carbonyl (C=O) groups excluding carboxylic acids is 1. The van der Waals surface area contributed by atoms with E-state index in [1.165, 1.54) is 0 Å². The quantitative estimate of drug-likeness (QED) is 0.619. The number of hydrogen-bond acceptors (Lipinski definition) is 5. The lowest BCUT2D eigenvalue weighted by molar-refractivity contribution is -0.244. The van der Waals surface area contributed by atoms with Gasteiger partial charge < -0.3 is 29.5 Å². The summed E-state index contributed by atoms with van der Waals surface area (Å²) >= 11 is 0. The Morgan fingerprint density at radius 2 is 1.86 bits per heavy atom. The molecule has 8 heteroatoms. The van der Waals surface area contributed by atoms with Crippen LogP contribution in [0.2, 0.25) is 0 Å². The Bertz CT molecular complexity index is 882. The number of aliphatic hydroxyl groups excluding tert-OH is 1. The lowest BCUT2D eigenvalue weighted by Gasteiger charge is -2.51. The second-order valence-electron chi connectivity index (χ2n) is 7.99. The Hall–Kier alpha value is -2.42. The smallest absolute Gasteiger partial charge is 0.290 e.